The quantitative estimate of drug-likeness (QED) is 0.734. The first kappa shape index (κ1) is 8.73. The Labute approximate surface area is 78.4 Å². The molecule has 70 valence electrons. The molecule has 0 amide bonds. The van der Waals surface area contributed by atoms with Crippen LogP contribution < -0.4 is 5.73 Å². The van der Waals surface area contributed by atoms with Crippen molar-refractivity contribution in [2.45, 2.75) is 18.9 Å². The van der Waals surface area contributed by atoms with Crippen molar-refractivity contribution in [3.8, 4) is 0 Å². The highest BCUT2D eigenvalue weighted by Crippen LogP contribution is 2.53. The van der Waals surface area contributed by atoms with Gasteiger partial charge in [0.25, 0.3) is 0 Å². The van der Waals surface area contributed by atoms with E-state index in [2.05, 4.69) is 0 Å². The molecule has 1 saturated carbocycles. The molecule has 0 aliphatic heterocycles. The maximum Gasteiger partial charge on any atom is 0.0505 e. The highest BCUT2D eigenvalue weighted by molar-refractivity contribution is 5.23. The summed E-state index contributed by atoms with van der Waals surface area (Å²) in [4.78, 5) is 0. The molecule has 1 aromatic rings. The van der Waals surface area contributed by atoms with Crippen molar-refractivity contribution in [3.05, 3.63) is 35.9 Å². The van der Waals surface area contributed by atoms with Gasteiger partial charge in [0.05, 0.1) is 6.61 Å². The highest BCUT2D eigenvalue weighted by atomic mass is 16.3. The Morgan fingerprint density at radius 2 is 1.92 bits per heavy atom. The number of benzene rings is 1. The highest BCUT2D eigenvalue weighted by Gasteiger charge is 2.47. The van der Waals surface area contributed by atoms with Gasteiger partial charge in [-0.05, 0) is 18.4 Å². The molecule has 1 unspecified atom stereocenters. The van der Waals surface area contributed by atoms with Gasteiger partial charge in [-0.2, -0.15) is 0 Å². The monoisotopic (exact) mass is 177 g/mol. The summed E-state index contributed by atoms with van der Waals surface area (Å²) in [5, 5.41) is 9.21. The van der Waals surface area contributed by atoms with E-state index in [1.54, 1.807) is 0 Å². The van der Waals surface area contributed by atoms with Gasteiger partial charge in [-0.3, -0.25) is 0 Å². The fraction of sp³-hybridized carbons (Fsp3) is 0.455. The van der Waals surface area contributed by atoms with Gasteiger partial charge >= 0.3 is 0 Å². The Balaban J connectivity index is 2.18. The summed E-state index contributed by atoms with van der Waals surface area (Å²) in [6, 6.07) is 10.0. The molecule has 0 spiro atoms. The first-order valence-corrected chi connectivity index (χ1v) is 4.70. The van der Waals surface area contributed by atoms with Gasteiger partial charge in [-0.25, -0.2) is 0 Å². The summed E-state index contributed by atoms with van der Waals surface area (Å²) in [5.41, 5.74) is 7.21. The first-order chi connectivity index (χ1) is 6.28. The van der Waals surface area contributed by atoms with Crippen molar-refractivity contribution < 1.29 is 5.11 Å². The molecule has 1 aromatic carbocycles. The molecular weight excluding hydrogens is 162 g/mol. The van der Waals surface area contributed by atoms with Crippen molar-refractivity contribution in [3.63, 3.8) is 0 Å². The average Bonchev–Trinajstić information content (AvgIpc) is 2.99. The summed E-state index contributed by atoms with van der Waals surface area (Å²) in [5.74, 6) is 0. The molecule has 2 rings (SSSR count). The number of aliphatic hydroxyl groups excluding tert-OH is 1. The Hall–Kier alpha value is -0.860. The molecular formula is C11H15NO. The molecule has 0 bridgehead atoms. The fourth-order valence-electron chi connectivity index (χ4n) is 1.74. The minimum atomic E-state index is -0.0125. The van der Waals surface area contributed by atoms with Crippen LogP contribution in [0, 0.1) is 5.41 Å². The lowest BCUT2D eigenvalue weighted by molar-refractivity contribution is 0.188. The molecule has 0 radical (unpaired) electrons. The predicted octanol–water partition coefficient (Wildman–Crippen LogP) is 1.46. The zero-order chi connectivity index (χ0) is 9.31. The number of rotatable bonds is 3. The second kappa shape index (κ2) is 3.13. The summed E-state index contributed by atoms with van der Waals surface area (Å²) >= 11 is 0. The van der Waals surface area contributed by atoms with Crippen LogP contribution in [0.25, 0.3) is 0 Å². The molecule has 13 heavy (non-hydrogen) atoms. The lowest BCUT2D eigenvalue weighted by Gasteiger charge is -2.21. The summed E-state index contributed by atoms with van der Waals surface area (Å²) in [7, 11) is 0. The van der Waals surface area contributed by atoms with E-state index in [9.17, 15) is 5.11 Å². The van der Waals surface area contributed by atoms with Crippen molar-refractivity contribution in [1.29, 1.82) is 0 Å². The smallest absolute Gasteiger partial charge is 0.0505 e. The van der Waals surface area contributed by atoms with Crippen molar-refractivity contribution >= 4 is 0 Å². The Morgan fingerprint density at radius 1 is 1.31 bits per heavy atom. The lowest BCUT2D eigenvalue weighted by Crippen LogP contribution is -2.25. The van der Waals surface area contributed by atoms with Crippen molar-refractivity contribution in [1.82, 2.24) is 0 Å². The summed E-state index contributed by atoms with van der Waals surface area (Å²) in [6.07, 6.45) is 2.11. The predicted molar refractivity (Wildman–Crippen MR) is 52.1 cm³/mol. The lowest BCUT2D eigenvalue weighted by atomic mass is 9.92. The molecule has 0 saturated heterocycles. The third-order valence-electron chi connectivity index (χ3n) is 3.03. The van der Waals surface area contributed by atoms with E-state index >= 15 is 0 Å². The van der Waals surface area contributed by atoms with Gasteiger partial charge in [-0.15, -0.1) is 0 Å². The number of hydrogen-bond acceptors (Lipinski definition) is 2. The maximum absolute atomic E-state index is 9.21. The van der Waals surface area contributed by atoms with E-state index in [4.69, 9.17) is 5.73 Å². The van der Waals surface area contributed by atoms with Crippen LogP contribution in [0.1, 0.15) is 24.4 Å². The molecule has 2 nitrogen and oxygen atoms in total. The van der Waals surface area contributed by atoms with E-state index in [-0.39, 0.29) is 18.1 Å². The van der Waals surface area contributed by atoms with Crippen molar-refractivity contribution in [2.24, 2.45) is 11.1 Å². The number of aliphatic hydroxyl groups is 1. The molecule has 1 aliphatic carbocycles. The summed E-state index contributed by atoms with van der Waals surface area (Å²) in [6.45, 7) is 0.211. The minimum absolute atomic E-state index is 0.00120. The third kappa shape index (κ3) is 1.47. The minimum Gasteiger partial charge on any atom is -0.396 e. The standard InChI is InChI=1S/C11H15NO/c12-10(11(8-13)6-7-11)9-4-2-1-3-5-9/h1-5,10,13H,6-8,12H2. The van der Waals surface area contributed by atoms with E-state index in [1.807, 2.05) is 30.3 Å². The summed E-state index contributed by atoms with van der Waals surface area (Å²) < 4.78 is 0. The van der Waals surface area contributed by atoms with Crippen LogP contribution in [0.3, 0.4) is 0 Å². The number of nitrogens with two attached hydrogens (primary N) is 1. The van der Waals surface area contributed by atoms with Gasteiger partial charge in [0, 0.05) is 11.5 Å². The first-order valence-electron chi connectivity index (χ1n) is 4.70. The zero-order valence-corrected chi connectivity index (χ0v) is 7.61. The van der Waals surface area contributed by atoms with E-state index in [0.29, 0.717) is 0 Å². The van der Waals surface area contributed by atoms with Gasteiger partial charge in [0.1, 0.15) is 0 Å². The third-order valence-corrected chi connectivity index (χ3v) is 3.03. The molecule has 3 N–H and O–H groups in total. The van der Waals surface area contributed by atoms with Crippen LogP contribution in [-0.4, -0.2) is 11.7 Å². The molecule has 0 heterocycles. The molecule has 1 atom stereocenters. The maximum atomic E-state index is 9.21. The van der Waals surface area contributed by atoms with Crippen LogP contribution in [0.15, 0.2) is 30.3 Å². The van der Waals surface area contributed by atoms with Crippen LogP contribution in [-0.2, 0) is 0 Å². The Bertz CT molecular complexity index is 279. The van der Waals surface area contributed by atoms with E-state index < -0.39 is 0 Å². The van der Waals surface area contributed by atoms with Crippen LogP contribution in [0.5, 0.6) is 0 Å². The molecule has 0 aromatic heterocycles. The second-order valence-corrected chi connectivity index (χ2v) is 3.91. The zero-order valence-electron chi connectivity index (χ0n) is 7.61. The van der Waals surface area contributed by atoms with E-state index in [1.165, 1.54) is 0 Å². The normalized spacial score (nSPS) is 21.1. The molecule has 2 heteroatoms. The largest absolute Gasteiger partial charge is 0.396 e. The molecule has 1 aliphatic rings. The van der Waals surface area contributed by atoms with E-state index in [0.717, 1.165) is 18.4 Å². The Kier molecular flexibility index (Phi) is 2.10. The van der Waals surface area contributed by atoms with Gasteiger partial charge < -0.3 is 10.8 Å². The SMILES string of the molecule is NC(c1ccccc1)C1(CO)CC1. The average molecular weight is 177 g/mol. The fourth-order valence-corrected chi connectivity index (χ4v) is 1.74. The second-order valence-electron chi connectivity index (χ2n) is 3.91. The van der Waals surface area contributed by atoms with Gasteiger partial charge in [-0.1, -0.05) is 30.3 Å². The van der Waals surface area contributed by atoms with Crippen LogP contribution >= 0.6 is 0 Å². The topological polar surface area (TPSA) is 46.2 Å². The molecule has 1 fully saturated rings. The van der Waals surface area contributed by atoms with Crippen LogP contribution in [0.4, 0.5) is 0 Å². The van der Waals surface area contributed by atoms with Crippen LogP contribution in [0.2, 0.25) is 0 Å². The van der Waals surface area contributed by atoms with Gasteiger partial charge in [0.2, 0.25) is 0 Å². The Morgan fingerprint density at radius 3 is 2.38 bits per heavy atom. The number of hydrogen-bond donors (Lipinski definition) is 2. The van der Waals surface area contributed by atoms with Gasteiger partial charge in [0.15, 0.2) is 0 Å². The van der Waals surface area contributed by atoms with Crippen molar-refractivity contribution in [2.75, 3.05) is 6.61 Å².